The van der Waals surface area contributed by atoms with E-state index in [9.17, 15) is 9.90 Å². The van der Waals surface area contributed by atoms with Crippen LogP contribution in [-0.2, 0) is 13.5 Å². The van der Waals surface area contributed by atoms with Crippen molar-refractivity contribution < 1.29 is 14.6 Å². The lowest BCUT2D eigenvalue weighted by Crippen LogP contribution is -2.33. The van der Waals surface area contributed by atoms with E-state index in [1.165, 1.54) is 11.8 Å². The summed E-state index contributed by atoms with van der Waals surface area (Å²) < 4.78 is 6.54. The number of hydrogen-bond donors (Lipinski definition) is 2. The third-order valence-corrected chi connectivity index (χ3v) is 3.05. The summed E-state index contributed by atoms with van der Waals surface area (Å²) in [4.78, 5) is 12.0. The predicted octanol–water partition coefficient (Wildman–Crippen LogP) is 0.762. The first-order valence-corrected chi connectivity index (χ1v) is 6.68. The Morgan fingerprint density at radius 3 is 2.81 bits per heavy atom. The van der Waals surface area contributed by atoms with E-state index in [4.69, 9.17) is 4.74 Å². The molecule has 0 aliphatic rings. The summed E-state index contributed by atoms with van der Waals surface area (Å²) in [5.41, 5.74) is 1.38. The van der Waals surface area contributed by atoms with E-state index in [-0.39, 0.29) is 18.3 Å². The normalized spacial score (nSPS) is 12.0. The van der Waals surface area contributed by atoms with Crippen molar-refractivity contribution in [3.8, 4) is 5.88 Å². The molecule has 0 aliphatic carbocycles. The van der Waals surface area contributed by atoms with Gasteiger partial charge in [-0.15, -0.1) is 5.10 Å². The molecule has 0 fully saturated rings. The van der Waals surface area contributed by atoms with Crippen LogP contribution >= 0.6 is 0 Å². The maximum absolute atomic E-state index is 12.0. The van der Waals surface area contributed by atoms with Gasteiger partial charge in [0.25, 0.3) is 5.91 Å². The minimum absolute atomic E-state index is 0.172. The number of aliphatic hydroxyl groups excluding tert-OH is 1. The highest BCUT2D eigenvalue weighted by molar-refractivity contribution is 5.96. The van der Waals surface area contributed by atoms with Crippen LogP contribution in [0.4, 0.5) is 0 Å². The van der Waals surface area contributed by atoms with Gasteiger partial charge in [-0.3, -0.25) is 9.48 Å². The summed E-state index contributed by atoms with van der Waals surface area (Å²) in [6.07, 6.45) is 1.43. The van der Waals surface area contributed by atoms with Crippen LogP contribution in [0.3, 0.4) is 0 Å². The SMILES string of the molecule is COc1nn(C)cc1C(=O)NCC(O)Cc1ccccc1. The Hall–Kier alpha value is -2.34. The molecule has 0 radical (unpaired) electrons. The number of aliphatic hydroxyl groups is 1. The van der Waals surface area contributed by atoms with Gasteiger partial charge in [-0.25, -0.2) is 0 Å². The lowest BCUT2D eigenvalue weighted by molar-refractivity contribution is 0.0913. The van der Waals surface area contributed by atoms with E-state index in [2.05, 4.69) is 10.4 Å². The van der Waals surface area contributed by atoms with Crippen molar-refractivity contribution in [1.82, 2.24) is 15.1 Å². The summed E-state index contributed by atoms with van der Waals surface area (Å²) in [6, 6.07) is 9.64. The third-order valence-electron chi connectivity index (χ3n) is 3.05. The van der Waals surface area contributed by atoms with Crippen LogP contribution in [0.2, 0.25) is 0 Å². The molecule has 6 heteroatoms. The molecule has 1 heterocycles. The summed E-state index contributed by atoms with van der Waals surface area (Å²) in [5.74, 6) is -0.0420. The maximum Gasteiger partial charge on any atom is 0.258 e. The van der Waals surface area contributed by atoms with Gasteiger partial charge in [0.2, 0.25) is 5.88 Å². The summed E-state index contributed by atoms with van der Waals surface area (Å²) >= 11 is 0. The average molecular weight is 289 g/mol. The number of hydrogen-bond acceptors (Lipinski definition) is 4. The van der Waals surface area contributed by atoms with Gasteiger partial charge in [-0.1, -0.05) is 30.3 Å². The molecular weight excluding hydrogens is 270 g/mol. The second kappa shape index (κ2) is 6.90. The Labute approximate surface area is 123 Å². The van der Waals surface area contributed by atoms with Gasteiger partial charge in [0.05, 0.1) is 13.2 Å². The van der Waals surface area contributed by atoms with Crippen molar-refractivity contribution in [2.45, 2.75) is 12.5 Å². The fraction of sp³-hybridized carbons (Fsp3) is 0.333. The molecule has 1 unspecified atom stereocenters. The number of aromatic nitrogens is 2. The Morgan fingerprint density at radius 2 is 2.14 bits per heavy atom. The van der Waals surface area contributed by atoms with Crippen LogP contribution in [0, 0.1) is 0 Å². The van der Waals surface area contributed by atoms with Crippen LogP contribution in [-0.4, -0.2) is 40.6 Å². The molecule has 2 rings (SSSR count). The number of benzene rings is 1. The molecule has 21 heavy (non-hydrogen) atoms. The number of amides is 1. The van der Waals surface area contributed by atoms with Crippen molar-refractivity contribution in [3.63, 3.8) is 0 Å². The quantitative estimate of drug-likeness (QED) is 0.823. The van der Waals surface area contributed by atoms with Crippen LogP contribution in [0.1, 0.15) is 15.9 Å². The highest BCUT2D eigenvalue weighted by atomic mass is 16.5. The molecule has 0 aliphatic heterocycles. The summed E-state index contributed by atoms with van der Waals surface area (Å²) in [6.45, 7) is 0.172. The number of ether oxygens (including phenoxy) is 1. The zero-order valence-corrected chi connectivity index (χ0v) is 12.1. The monoisotopic (exact) mass is 289 g/mol. The Balaban J connectivity index is 1.88. The van der Waals surface area contributed by atoms with E-state index in [0.29, 0.717) is 12.0 Å². The highest BCUT2D eigenvalue weighted by Gasteiger charge is 2.17. The van der Waals surface area contributed by atoms with Crippen molar-refractivity contribution in [3.05, 3.63) is 47.7 Å². The van der Waals surface area contributed by atoms with Crippen LogP contribution in [0.5, 0.6) is 5.88 Å². The van der Waals surface area contributed by atoms with Crippen molar-refractivity contribution in [1.29, 1.82) is 0 Å². The zero-order valence-electron chi connectivity index (χ0n) is 12.1. The van der Waals surface area contributed by atoms with E-state index in [1.807, 2.05) is 30.3 Å². The molecule has 1 aromatic carbocycles. The number of rotatable bonds is 6. The molecular formula is C15H19N3O3. The van der Waals surface area contributed by atoms with Gasteiger partial charge in [0.1, 0.15) is 5.56 Å². The Morgan fingerprint density at radius 1 is 1.43 bits per heavy atom. The molecule has 1 aromatic heterocycles. The van der Waals surface area contributed by atoms with Gasteiger partial charge in [0.15, 0.2) is 0 Å². The lowest BCUT2D eigenvalue weighted by atomic mass is 10.1. The predicted molar refractivity (Wildman–Crippen MR) is 78.2 cm³/mol. The standard InChI is InChI=1S/C15H19N3O3/c1-18-10-13(15(17-18)21-2)14(20)16-9-12(19)8-11-6-4-3-5-7-11/h3-7,10,12,19H,8-9H2,1-2H3,(H,16,20). The molecule has 0 spiro atoms. The second-order valence-corrected chi connectivity index (χ2v) is 4.78. The molecule has 1 amide bonds. The third kappa shape index (κ3) is 4.06. The van der Waals surface area contributed by atoms with Crippen LogP contribution in [0.15, 0.2) is 36.5 Å². The van der Waals surface area contributed by atoms with E-state index in [1.54, 1.807) is 13.2 Å². The fourth-order valence-corrected chi connectivity index (χ4v) is 2.04. The topological polar surface area (TPSA) is 76.4 Å². The minimum atomic E-state index is -0.640. The number of carbonyl (C=O) groups is 1. The first-order valence-electron chi connectivity index (χ1n) is 6.68. The molecule has 1 atom stereocenters. The molecule has 0 saturated heterocycles. The van der Waals surface area contributed by atoms with E-state index < -0.39 is 6.10 Å². The Kier molecular flexibility index (Phi) is 4.94. The van der Waals surface area contributed by atoms with E-state index >= 15 is 0 Å². The van der Waals surface area contributed by atoms with Crippen LogP contribution < -0.4 is 10.1 Å². The number of nitrogens with one attached hydrogen (secondary N) is 1. The number of methoxy groups -OCH3 is 1. The maximum atomic E-state index is 12.0. The molecule has 6 nitrogen and oxygen atoms in total. The van der Waals surface area contributed by atoms with Crippen molar-refractivity contribution in [2.75, 3.05) is 13.7 Å². The summed E-state index contributed by atoms with van der Waals surface area (Å²) in [5, 5.41) is 16.7. The summed E-state index contributed by atoms with van der Waals surface area (Å²) in [7, 11) is 3.17. The molecule has 2 N–H and O–H groups in total. The van der Waals surface area contributed by atoms with Gasteiger partial charge < -0.3 is 15.2 Å². The number of carbonyl (C=O) groups excluding carboxylic acids is 1. The average Bonchev–Trinajstić information content (AvgIpc) is 2.87. The largest absolute Gasteiger partial charge is 0.479 e. The molecule has 2 aromatic rings. The second-order valence-electron chi connectivity index (χ2n) is 4.78. The smallest absolute Gasteiger partial charge is 0.258 e. The number of nitrogens with zero attached hydrogens (tertiary/aromatic N) is 2. The highest BCUT2D eigenvalue weighted by Crippen LogP contribution is 2.14. The van der Waals surface area contributed by atoms with Gasteiger partial charge in [-0.05, 0) is 5.56 Å². The number of aryl methyl sites for hydroxylation is 1. The van der Waals surface area contributed by atoms with Gasteiger partial charge in [0, 0.05) is 26.2 Å². The van der Waals surface area contributed by atoms with Crippen molar-refractivity contribution in [2.24, 2.45) is 7.05 Å². The molecule has 0 bridgehead atoms. The minimum Gasteiger partial charge on any atom is -0.479 e. The zero-order chi connectivity index (χ0) is 15.2. The van der Waals surface area contributed by atoms with Gasteiger partial charge >= 0.3 is 0 Å². The van der Waals surface area contributed by atoms with E-state index in [0.717, 1.165) is 5.56 Å². The fourth-order valence-electron chi connectivity index (χ4n) is 2.04. The van der Waals surface area contributed by atoms with Crippen molar-refractivity contribution >= 4 is 5.91 Å². The first kappa shape index (κ1) is 15.1. The Bertz CT molecular complexity index is 595. The first-order chi connectivity index (χ1) is 10.1. The van der Waals surface area contributed by atoms with Crippen LogP contribution in [0.25, 0.3) is 0 Å². The van der Waals surface area contributed by atoms with Gasteiger partial charge in [-0.2, -0.15) is 0 Å². The lowest BCUT2D eigenvalue weighted by Gasteiger charge is -2.11. The molecule has 112 valence electrons. The molecule has 0 saturated carbocycles.